The van der Waals surface area contributed by atoms with Gasteiger partial charge in [-0.05, 0) is 80.4 Å². The summed E-state index contributed by atoms with van der Waals surface area (Å²) in [5, 5.41) is 1.40. The van der Waals surface area contributed by atoms with Gasteiger partial charge in [-0.3, -0.25) is 0 Å². The van der Waals surface area contributed by atoms with Crippen molar-refractivity contribution < 1.29 is 9.47 Å². The van der Waals surface area contributed by atoms with E-state index in [0.29, 0.717) is 16.7 Å². The molecule has 0 fully saturated rings. The number of imidazole rings is 1. The van der Waals surface area contributed by atoms with Gasteiger partial charge in [0.25, 0.3) is 0 Å². The molecular weight excluding hydrogens is 431 g/mol. The van der Waals surface area contributed by atoms with Crippen LogP contribution in [0.15, 0.2) is 72.8 Å². The van der Waals surface area contributed by atoms with Gasteiger partial charge in [0.15, 0.2) is 11.9 Å². The highest BCUT2D eigenvalue weighted by atomic mass is 35.5. The maximum atomic E-state index is 6.14. The Morgan fingerprint density at radius 3 is 2.19 bits per heavy atom. The van der Waals surface area contributed by atoms with E-state index in [1.165, 1.54) is 0 Å². The summed E-state index contributed by atoms with van der Waals surface area (Å²) >= 11 is 11.9. The van der Waals surface area contributed by atoms with E-state index in [1.54, 1.807) is 0 Å². The fraction of sp³-hybridized carbons (Fsp3) is 0.240. The maximum absolute atomic E-state index is 6.14. The lowest BCUT2D eigenvalue weighted by Crippen LogP contribution is -2.12. The molecule has 4 nitrogen and oxygen atoms in total. The average Bonchev–Trinajstić information content (AvgIpc) is 3.15. The molecule has 0 saturated heterocycles. The first-order valence-corrected chi connectivity index (χ1v) is 11.1. The molecule has 0 saturated carbocycles. The number of ether oxygens (including phenoxy) is 2. The van der Waals surface area contributed by atoms with Crippen LogP contribution in [0.4, 0.5) is 0 Å². The summed E-state index contributed by atoms with van der Waals surface area (Å²) in [5.74, 6) is 2.52. The number of nitrogens with zero attached hydrogens (tertiary/aromatic N) is 2. The smallest absolute Gasteiger partial charge is 0.153 e. The van der Waals surface area contributed by atoms with Crippen molar-refractivity contribution in [3.8, 4) is 11.5 Å². The number of unbranched alkanes of at least 4 members (excludes halogenated alkanes) is 1. The maximum Gasteiger partial charge on any atom is 0.153 e. The van der Waals surface area contributed by atoms with Crippen molar-refractivity contribution in [3.63, 3.8) is 0 Å². The van der Waals surface area contributed by atoms with Crippen LogP contribution < -0.4 is 9.47 Å². The first-order chi connectivity index (χ1) is 15.1. The van der Waals surface area contributed by atoms with Crippen LogP contribution in [0.2, 0.25) is 10.0 Å². The molecule has 0 spiro atoms. The Kier molecular flexibility index (Phi) is 7.00. The normalized spacial score (nSPS) is 12.1. The lowest BCUT2D eigenvalue weighted by atomic mass is 10.2. The quantitative estimate of drug-likeness (QED) is 0.248. The van der Waals surface area contributed by atoms with E-state index in [-0.39, 0.29) is 6.10 Å². The zero-order valence-electron chi connectivity index (χ0n) is 17.3. The molecule has 4 rings (SSSR count). The van der Waals surface area contributed by atoms with Crippen LogP contribution >= 0.6 is 23.2 Å². The zero-order valence-corrected chi connectivity index (χ0v) is 18.8. The minimum atomic E-state index is -0.195. The van der Waals surface area contributed by atoms with E-state index in [0.717, 1.165) is 47.7 Å². The summed E-state index contributed by atoms with van der Waals surface area (Å²) in [6, 6.07) is 23.0. The lowest BCUT2D eigenvalue weighted by molar-refractivity contribution is 0.211. The molecule has 0 aliphatic rings. The Labute approximate surface area is 192 Å². The van der Waals surface area contributed by atoms with Crippen molar-refractivity contribution in [2.24, 2.45) is 0 Å². The minimum absolute atomic E-state index is 0.195. The second kappa shape index (κ2) is 10.1. The van der Waals surface area contributed by atoms with Crippen LogP contribution in [0, 0.1) is 0 Å². The van der Waals surface area contributed by atoms with Gasteiger partial charge in [0.05, 0.1) is 17.6 Å². The molecule has 3 aromatic carbocycles. The first-order valence-electron chi connectivity index (χ1n) is 10.4. The Morgan fingerprint density at radius 2 is 1.48 bits per heavy atom. The molecule has 31 heavy (non-hydrogen) atoms. The minimum Gasteiger partial charge on any atom is -0.494 e. The van der Waals surface area contributed by atoms with Crippen molar-refractivity contribution in [2.45, 2.75) is 32.4 Å². The van der Waals surface area contributed by atoms with Gasteiger partial charge in [0.2, 0.25) is 0 Å². The first kappa shape index (κ1) is 21.5. The van der Waals surface area contributed by atoms with Crippen molar-refractivity contribution in [1.29, 1.82) is 0 Å². The monoisotopic (exact) mass is 454 g/mol. The Balaban J connectivity index is 1.42. The Bertz CT molecular complexity index is 1120. The third kappa shape index (κ3) is 5.52. The second-order valence-corrected chi connectivity index (χ2v) is 8.21. The molecule has 0 bridgehead atoms. The molecule has 1 atom stereocenters. The van der Waals surface area contributed by atoms with Gasteiger partial charge < -0.3 is 14.0 Å². The van der Waals surface area contributed by atoms with Crippen molar-refractivity contribution in [1.82, 2.24) is 9.55 Å². The van der Waals surface area contributed by atoms with Crippen molar-refractivity contribution >= 4 is 34.2 Å². The molecular formula is C25H24Cl2N2O2. The number of para-hydroxylation sites is 2. The molecule has 6 heteroatoms. The van der Waals surface area contributed by atoms with Crippen molar-refractivity contribution in [3.05, 3.63) is 88.7 Å². The van der Waals surface area contributed by atoms with Crippen LogP contribution in [-0.4, -0.2) is 16.2 Å². The molecule has 1 heterocycles. The number of aromatic nitrogens is 2. The summed E-state index contributed by atoms with van der Waals surface area (Å²) < 4.78 is 14.2. The molecule has 1 unspecified atom stereocenters. The molecule has 0 aliphatic heterocycles. The SMILES string of the molecule is CC(Oc1ccc(Cl)cc1)c1nc2ccccc2n1CCCCOc1ccc(Cl)cc1. The highest BCUT2D eigenvalue weighted by Gasteiger charge is 2.18. The summed E-state index contributed by atoms with van der Waals surface area (Å²) in [6.07, 6.45) is 1.70. The van der Waals surface area contributed by atoms with Crippen LogP contribution in [0.1, 0.15) is 31.7 Å². The fourth-order valence-electron chi connectivity index (χ4n) is 3.50. The lowest BCUT2D eigenvalue weighted by Gasteiger charge is -2.17. The van der Waals surface area contributed by atoms with Gasteiger partial charge in [0.1, 0.15) is 11.5 Å². The number of hydrogen-bond acceptors (Lipinski definition) is 3. The molecule has 0 amide bonds. The highest BCUT2D eigenvalue weighted by molar-refractivity contribution is 6.30. The van der Waals surface area contributed by atoms with E-state index in [2.05, 4.69) is 10.6 Å². The number of rotatable bonds is 9. The molecule has 0 radical (unpaired) electrons. The molecule has 4 aromatic rings. The van der Waals surface area contributed by atoms with E-state index >= 15 is 0 Å². The second-order valence-electron chi connectivity index (χ2n) is 7.33. The molecule has 160 valence electrons. The number of hydrogen-bond donors (Lipinski definition) is 0. The molecule has 0 aliphatic carbocycles. The van der Waals surface area contributed by atoms with Gasteiger partial charge in [-0.2, -0.15) is 0 Å². The predicted molar refractivity (Wildman–Crippen MR) is 126 cm³/mol. The zero-order chi connectivity index (χ0) is 21.6. The summed E-state index contributed by atoms with van der Waals surface area (Å²) in [6.45, 7) is 3.52. The van der Waals surface area contributed by atoms with E-state index < -0.39 is 0 Å². The standard InChI is InChI=1S/C25H24Cl2N2O2/c1-18(31-22-14-10-20(27)11-15-22)25-28-23-6-2-3-7-24(23)29(25)16-4-5-17-30-21-12-8-19(26)9-13-21/h2-3,6-15,18H,4-5,16-17H2,1H3. The van der Waals surface area contributed by atoms with Crippen LogP contribution in [-0.2, 0) is 6.54 Å². The summed E-state index contributed by atoms with van der Waals surface area (Å²) in [4.78, 5) is 4.85. The molecule has 1 aromatic heterocycles. The number of benzene rings is 3. The largest absolute Gasteiger partial charge is 0.494 e. The van der Waals surface area contributed by atoms with Crippen molar-refractivity contribution in [2.75, 3.05) is 6.61 Å². The van der Waals surface area contributed by atoms with E-state index in [4.69, 9.17) is 37.7 Å². The van der Waals surface area contributed by atoms with Gasteiger partial charge in [0, 0.05) is 16.6 Å². The number of aryl methyl sites for hydroxylation is 1. The van der Waals surface area contributed by atoms with Crippen LogP contribution in [0.25, 0.3) is 11.0 Å². The highest BCUT2D eigenvalue weighted by Crippen LogP contribution is 2.26. The van der Waals surface area contributed by atoms with Crippen LogP contribution in [0.3, 0.4) is 0 Å². The number of fused-ring (bicyclic) bond motifs is 1. The topological polar surface area (TPSA) is 36.3 Å². The van der Waals surface area contributed by atoms with Gasteiger partial charge >= 0.3 is 0 Å². The van der Waals surface area contributed by atoms with Gasteiger partial charge in [-0.15, -0.1) is 0 Å². The summed E-state index contributed by atoms with van der Waals surface area (Å²) in [7, 11) is 0. The van der Waals surface area contributed by atoms with E-state index in [1.807, 2.05) is 73.7 Å². The number of halogens is 2. The van der Waals surface area contributed by atoms with E-state index in [9.17, 15) is 0 Å². The predicted octanol–water partition coefficient (Wildman–Crippen LogP) is 7.34. The van der Waals surface area contributed by atoms with Gasteiger partial charge in [-0.1, -0.05) is 35.3 Å². The van der Waals surface area contributed by atoms with Gasteiger partial charge in [-0.25, -0.2) is 4.98 Å². The third-order valence-corrected chi connectivity index (χ3v) is 5.54. The fourth-order valence-corrected chi connectivity index (χ4v) is 3.75. The Morgan fingerprint density at radius 1 is 0.839 bits per heavy atom. The molecule has 0 N–H and O–H groups in total. The van der Waals surface area contributed by atoms with Crippen LogP contribution in [0.5, 0.6) is 11.5 Å². The summed E-state index contributed by atoms with van der Waals surface area (Å²) in [5.41, 5.74) is 2.09. The Hall–Kier alpha value is -2.69. The third-order valence-electron chi connectivity index (χ3n) is 5.03. The average molecular weight is 455 g/mol.